The highest BCUT2D eigenvalue weighted by Gasteiger charge is 2.16. The Morgan fingerprint density at radius 2 is 2.00 bits per heavy atom. The van der Waals surface area contributed by atoms with Crippen molar-refractivity contribution in [2.75, 3.05) is 0 Å². The Labute approximate surface area is 91.6 Å². The monoisotopic (exact) mass is 218 g/mol. The maximum Gasteiger partial charge on any atom is 0.285 e. The summed E-state index contributed by atoms with van der Waals surface area (Å²) in [5.74, 6) is -0.950. The summed E-state index contributed by atoms with van der Waals surface area (Å²) in [4.78, 5) is 11.9. The average molecular weight is 218 g/mol. The van der Waals surface area contributed by atoms with Crippen LogP contribution in [0.15, 0.2) is 30.3 Å². The van der Waals surface area contributed by atoms with Crippen LogP contribution in [0.4, 0.5) is 0 Å². The molecule has 1 aromatic heterocycles. The molecule has 0 bridgehead atoms. The van der Waals surface area contributed by atoms with Gasteiger partial charge in [0.25, 0.3) is 5.91 Å². The number of carbonyl (C=O) groups excluding carboxylic acids is 1. The van der Waals surface area contributed by atoms with E-state index in [2.05, 4.69) is 5.10 Å². The number of phenols is 1. The predicted molar refractivity (Wildman–Crippen MR) is 56.5 cm³/mol. The molecule has 5 nitrogen and oxygen atoms in total. The molecule has 0 aliphatic rings. The molecule has 1 aromatic carbocycles. The molecule has 0 fully saturated rings. The minimum atomic E-state index is -0.566. The van der Waals surface area contributed by atoms with Gasteiger partial charge in [0.1, 0.15) is 5.75 Å². The normalized spacial score (nSPS) is 10.3. The average Bonchev–Trinajstić information content (AvgIpc) is 2.58. The molecule has 2 N–H and O–H groups in total. The molecule has 2 rings (SSSR count). The number of carbonyl (C=O) groups is 1. The van der Waals surface area contributed by atoms with Gasteiger partial charge in [-0.15, -0.1) is 0 Å². The Kier molecular flexibility index (Phi) is 2.36. The van der Waals surface area contributed by atoms with Crippen molar-refractivity contribution in [1.82, 2.24) is 9.78 Å². The van der Waals surface area contributed by atoms with Crippen LogP contribution < -0.4 is 0 Å². The van der Waals surface area contributed by atoms with Gasteiger partial charge in [-0.1, -0.05) is 12.1 Å². The fourth-order valence-electron chi connectivity index (χ4n) is 1.40. The van der Waals surface area contributed by atoms with Crippen molar-refractivity contribution in [2.24, 2.45) is 0 Å². The standard InChI is InChI=1S/C11H10N2O3/c1-7-6-10(15)13(12-7)11(16)8-4-2-3-5-9(8)14/h2-6,14-15H,1H3. The van der Waals surface area contributed by atoms with Crippen molar-refractivity contribution >= 4 is 5.91 Å². The second kappa shape index (κ2) is 3.69. The van der Waals surface area contributed by atoms with Gasteiger partial charge >= 0.3 is 0 Å². The van der Waals surface area contributed by atoms with E-state index < -0.39 is 5.91 Å². The molecule has 5 heteroatoms. The number of para-hydroxylation sites is 1. The second-order valence-corrected chi connectivity index (χ2v) is 3.38. The number of hydrogen-bond acceptors (Lipinski definition) is 4. The van der Waals surface area contributed by atoms with Crippen LogP contribution >= 0.6 is 0 Å². The molecule has 1 heterocycles. The zero-order valence-corrected chi connectivity index (χ0v) is 8.58. The van der Waals surface area contributed by atoms with E-state index in [1.165, 1.54) is 18.2 Å². The molecule has 0 radical (unpaired) electrons. The predicted octanol–water partition coefficient (Wildman–Crippen LogP) is 1.29. The highest BCUT2D eigenvalue weighted by atomic mass is 16.3. The van der Waals surface area contributed by atoms with Crippen LogP contribution in [0.1, 0.15) is 16.1 Å². The number of aryl methyl sites for hydroxylation is 1. The van der Waals surface area contributed by atoms with Gasteiger partial charge in [0.15, 0.2) is 0 Å². The Morgan fingerprint density at radius 1 is 1.31 bits per heavy atom. The number of hydrogen-bond donors (Lipinski definition) is 2. The smallest absolute Gasteiger partial charge is 0.285 e. The summed E-state index contributed by atoms with van der Waals surface area (Å²) < 4.78 is 0.852. The lowest BCUT2D eigenvalue weighted by molar-refractivity contribution is 0.0932. The maximum absolute atomic E-state index is 11.9. The summed E-state index contributed by atoms with van der Waals surface area (Å²) in [5.41, 5.74) is 0.627. The van der Waals surface area contributed by atoms with Crippen LogP contribution in [-0.4, -0.2) is 25.9 Å². The van der Waals surface area contributed by atoms with Crippen molar-refractivity contribution in [3.05, 3.63) is 41.6 Å². The molecule has 0 aliphatic heterocycles. The van der Waals surface area contributed by atoms with Gasteiger partial charge in [-0.3, -0.25) is 4.79 Å². The fourth-order valence-corrected chi connectivity index (χ4v) is 1.40. The second-order valence-electron chi connectivity index (χ2n) is 3.38. The van der Waals surface area contributed by atoms with E-state index in [-0.39, 0.29) is 17.2 Å². The number of benzene rings is 1. The van der Waals surface area contributed by atoms with E-state index in [1.807, 2.05) is 0 Å². The lowest BCUT2D eigenvalue weighted by atomic mass is 10.2. The number of aromatic hydroxyl groups is 2. The maximum atomic E-state index is 11.9. The highest BCUT2D eigenvalue weighted by molar-refractivity contribution is 5.98. The zero-order valence-electron chi connectivity index (χ0n) is 8.58. The Hall–Kier alpha value is -2.30. The topological polar surface area (TPSA) is 75.4 Å². The van der Waals surface area contributed by atoms with E-state index in [0.717, 1.165) is 4.68 Å². The van der Waals surface area contributed by atoms with Crippen molar-refractivity contribution < 1.29 is 15.0 Å². The molecule has 16 heavy (non-hydrogen) atoms. The van der Waals surface area contributed by atoms with Crippen molar-refractivity contribution in [3.63, 3.8) is 0 Å². The number of nitrogens with zero attached hydrogens (tertiary/aromatic N) is 2. The van der Waals surface area contributed by atoms with Crippen LogP contribution in [0.2, 0.25) is 0 Å². The Bertz CT molecular complexity index is 546. The molecule has 2 aromatic rings. The van der Waals surface area contributed by atoms with E-state index in [4.69, 9.17) is 0 Å². The van der Waals surface area contributed by atoms with Crippen molar-refractivity contribution in [2.45, 2.75) is 6.92 Å². The molecule has 82 valence electrons. The first-order chi connectivity index (χ1) is 7.59. The highest BCUT2D eigenvalue weighted by Crippen LogP contribution is 2.19. The van der Waals surface area contributed by atoms with Gasteiger partial charge in [-0.2, -0.15) is 9.78 Å². The SMILES string of the molecule is Cc1cc(O)n(C(=O)c2ccccc2O)n1. The Morgan fingerprint density at radius 3 is 2.56 bits per heavy atom. The molecule has 0 unspecified atom stereocenters. The fraction of sp³-hybridized carbons (Fsp3) is 0.0909. The third-order valence-corrected chi connectivity index (χ3v) is 2.14. The molecule has 0 atom stereocenters. The van der Waals surface area contributed by atoms with Crippen LogP contribution in [0, 0.1) is 6.92 Å². The third kappa shape index (κ3) is 1.63. The van der Waals surface area contributed by atoms with Gasteiger partial charge in [-0.05, 0) is 19.1 Å². The first-order valence-corrected chi connectivity index (χ1v) is 4.68. The lowest BCUT2D eigenvalue weighted by Gasteiger charge is -2.03. The minimum absolute atomic E-state index is 0.0981. The summed E-state index contributed by atoms with van der Waals surface area (Å²) in [5, 5.41) is 22.8. The molecule has 0 amide bonds. The van der Waals surface area contributed by atoms with Gasteiger partial charge in [0.05, 0.1) is 11.3 Å². The van der Waals surface area contributed by atoms with E-state index in [9.17, 15) is 15.0 Å². The van der Waals surface area contributed by atoms with E-state index >= 15 is 0 Å². The van der Waals surface area contributed by atoms with Gasteiger partial charge in [0, 0.05) is 6.07 Å². The van der Waals surface area contributed by atoms with Crippen molar-refractivity contribution in [3.8, 4) is 11.6 Å². The van der Waals surface area contributed by atoms with Crippen LogP contribution in [-0.2, 0) is 0 Å². The van der Waals surface area contributed by atoms with Crippen molar-refractivity contribution in [1.29, 1.82) is 0 Å². The van der Waals surface area contributed by atoms with Crippen LogP contribution in [0.25, 0.3) is 0 Å². The summed E-state index contributed by atoms with van der Waals surface area (Å²) in [6.45, 7) is 1.66. The van der Waals surface area contributed by atoms with Crippen LogP contribution in [0.3, 0.4) is 0 Å². The van der Waals surface area contributed by atoms with E-state index in [1.54, 1.807) is 19.1 Å². The summed E-state index contributed by atoms with van der Waals surface area (Å²) >= 11 is 0. The summed E-state index contributed by atoms with van der Waals surface area (Å²) in [6, 6.07) is 7.48. The first kappa shape index (κ1) is 10.2. The van der Waals surface area contributed by atoms with E-state index in [0.29, 0.717) is 5.69 Å². The largest absolute Gasteiger partial charge is 0.507 e. The van der Waals surface area contributed by atoms with Gasteiger partial charge in [0.2, 0.25) is 5.88 Å². The first-order valence-electron chi connectivity index (χ1n) is 4.68. The quantitative estimate of drug-likeness (QED) is 0.756. The molecule has 0 saturated carbocycles. The van der Waals surface area contributed by atoms with Gasteiger partial charge < -0.3 is 10.2 Å². The zero-order chi connectivity index (χ0) is 11.7. The van der Waals surface area contributed by atoms with Gasteiger partial charge in [-0.25, -0.2) is 0 Å². The Balaban J connectivity index is 2.47. The molecule has 0 spiro atoms. The molecule has 0 aliphatic carbocycles. The summed E-state index contributed by atoms with van der Waals surface area (Å²) in [6.07, 6.45) is 0. The number of phenolic OH excluding ortho intramolecular Hbond substituents is 1. The number of aromatic nitrogens is 2. The molecular formula is C11H10N2O3. The third-order valence-electron chi connectivity index (χ3n) is 2.14. The lowest BCUT2D eigenvalue weighted by Crippen LogP contribution is -2.13. The number of rotatable bonds is 1. The summed E-state index contributed by atoms with van der Waals surface area (Å²) in [7, 11) is 0. The molecule has 0 saturated heterocycles. The van der Waals surface area contributed by atoms with Crippen LogP contribution in [0.5, 0.6) is 11.6 Å². The molecular weight excluding hydrogens is 208 g/mol. The minimum Gasteiger partial charge on any atom is -0.507 e.